The molecule has 1 aliphatic carbocycles. The molecule has 1 aliphatic rings. The number of hydrogen-bond donors (Lipinski definition) is 0. The minimum atomic E-state index is 0.285. The maximum Gasteiger partial charge on any atom is 0.137 e. The Morgan fingerprint density at radius 2 is 2.00 bits per heavy atom. The number of carbonyl (C=O) groups excluding carboxylic acids is 1. The number of Topliss-reactive ketones (excluding diaryl/α,β-unsaturated/α-hetero) is 1. The van der Waals surface area contributed by atoms with Gasteiger partial charge in [0.25, 0.3) is 0 Å². The molecule has 0 saturated carbocycles. The lowest BCUT2D eigenvalue weighted by Crippen LogP contribution is -2.14. The summed E-state index contributed by atoms with van der Waals surface area (Å²) in [6.45, 7) is 0. The number of ketones is 1. The Labute approximate surface area is 90.2 Å². The lowest BCUT2D eigenvalue weighted by Gasteiger charge is -2.17. The Bertz CT molecular complexity index is 373. The van der Waals surface area contributed by atoms with Gasteiger partial charge >= 0.3 is 0 Å². The van der Waals surface area contributed by atoms with Crippen molar-refractivity contribution in [3.05, 3.63) is 32.8 Å². The summed E-state index contributed by atoms with van der Waals surface area (Å²) in [5.74, 6) is 0.285. The predicted octanol–water partition coefficient (Wildman–Crippen LogP) is 3.16. The fourth-order valence-corrected chi connectivity index (χ4v) is 2.46. The van der Waals surface area contributed by atoms with Gasteiger partial charge in [-0.25, -0.2) is 0 Å². The smallest absolute Gasteiger partial charge is 0.137 e. The van der Waals surface area contributed by atoms with Crippen LogP contribution in [0.2, 0.25) is 5.02 Å². The van der Waals surface area contributed by atoms with Crippen LogP contribution >= 0.6 is 27.5 Å². The monoisotopic (exact) mass is 258 g/mol. The third kappa shape index (κ3) is 1.65. The van der Waals surface area contributed by atoms with E-state index in [1.807, 2.05) is 12.1 Å². The summed E-state index contributed by atoms with van der Waals surface area (Å²) in [7, 11) is 0. The zero-order valence-corrected chi connectivity index (χ0v) is 9.28. The van der Waals surface area contributed by atoms with Crippen LogP contribution in [0.3, 0.4) is 0 Å². The topological polar surface area (TPSA) is 17.1 Å². The van der Waals surface area contributed by atoms with Gasteiger partial charge in [0.1, 0.15) is 5.78 Å². The molecule has 0 radical (unpaired) electrons. The predicted molar refractivity (Wildman–Crippen MR) is 56.2 cm³/mol. The van der Waals surface area contributed by atoms with Crippen molar-refractivity contribution >= 4 is 33.3 Å². The first-order chi connectivity index (χ1) is 6.18. The number of fused-ring (bicyclic) bond motifs is 1. The van der Waals surface area contributed by atoms with Crippen molar-refractivity contribution in [2.24, 2.45) is 0 Å². The molecule has 0 atom stereocenters. The second kappa shape index (κ2) is 3.43. The van der Waals surface area contributed by atoms with Crippen LogP contribution < -0.4 is 0 Å². The van der Waals surface area contributed by atoms with Crippen molar-refractivity contribution in [1.82, 2.24) is 0 Å². The van der Waals surface area contributed by atoms with Crippen LogP contribution in [0.15, 0.2) is 16.6 Å². The highest BCUT2D eigenvalue weighted by Crippen LogP contribution is 2.31. The standard InChI is InChI=1S/C10H8BrClO/c11-9-3-4-10(12)8-5-6(13)1-2-7(8)9/h3-4H,1-2,5H2. The van der Waals surface area contributed by atoms with E-state index < -0.39 is 0 Å². The molecule has 0 fully saturated rings. The van der Waals surface area contributed by atoms with Crippen molar-refractivity contribution in [2.45, 2.75) is 19.3 Å². The number of rotatable bonds is 0. The maximum atomic E-state index is 11.2. The Balaban J connectivity index is 2.57. The van der Waals surface area contributed by atoms with E-state index in [0.29, 0.717) is 17.9 Å². The Morgan fingerprint density at radius 1 is 1.23 bits per heavy atom. The summed E-state index contributed by atoms with van der Waals surface area (Å²) in [6.07, 6.45) is 1.95. The highest BCUT2D eigenvalue weighted by Gasteiger charge is 2.19. The molecule has 0 unspecified atom stereocenters. The SMILES string of the molecule is O=C1CCc2c(Br)ccc(Cl)c2C1. The molecule has 0 saturated heterocycles. The van der Waals surface area contributed by atoms with Gasteiger partial charge in [-0.3, -0.25) is 4.79 Å². The van der Waals surface area contributed by atoms with Gasteiger partial charge in [0, 0.05) is 22.3 Å². The van der Waals surface area contributed by atoms with Crippen LogP contribution in [0.5, 0.6) is 0 Å². The first kappa shape index (κ1) is 9.22. The summed E-state index contributed by atoms with van der Waals surface area (Å²) >= 11 is 9.47. The van der Waals surface area contributed by atoms with Gasteiger partial charge in [0.2, 0.25) is 0 Å². The molecule has 1 aromatic rings. The normalized spacial score (nSPS) is 15.7. The summed E-state index contributed by atoms with van der Waals surface area (Å²) in [6, 6.07) is 3.78. The molecule has 68 valence electrons. The fourth-order valence-electron chi connectivity index (χ4n) is 1.65. The molecule has 1 aromatic carbocycles. The number of hydrogen-bond acceptors (Lipinski definition) is 1. The maximum absolute atomic E-state index is 11.2. The number of carbonyl (C=O) groups is 1. The van der Waals surface area contributed by atoms with Gasteiger partial charge in [-0.05, 0) is 29.7 Å². The number of halogens is 2. The van der Waals surface area contributed by atoms with E-state index in [0.717, 1.165) is 16.5 Å². The minimum Gasteiger partial charge on any atom is -0.299 e. The van der Waals surface area contributed by atoms with Crippen molar-refractivity contribution in [3.63, 3.8) is 0 Å². The molecule has 0 heterocycles. The summed E-state index contributed by atoms with van der Waals surface area (Å²) in [5.41, 5.74) is 2.21. The molecule has 0 aliphatic heterocycles. The van der Waals surface area contributed by atoms with E-state index in [1.54, 1.807) is 0 Å². The first-order valence-electron chi connectivity index (χ1n) is 4.16. The van der Waals surface area contributed by atoms with E-state index in [2.05, 4.69) is 15.9 Å². The zero-order valence-electron chi connectivity index (χ0n) is 6.94. The highest BCUT2D eigenvalue weighted by molar-refractivity contribution is 9.10. The third-order valence-electron chi connectivity index (χ3n) is 2.34. The Morgan fingerprint density at radius 3 is 2.77 bits per heavy atom. The first-order valence-corrected chi connectivity index (χ1v) is 5.33. The van der Waals surface area contributed by atoms with Gasteiger partial charge < -0.3 is 0 Å². The molecular weight excluding hydrogens is 251 g/mol. The highest BCUT2D eigenvalue weighted by atomic mass is 79.9. The second-order valence-electron chi connectivity index (χ2n) is 3.20. The van der Waals surface area contributed by atoms with Crippen molar-refractivity contribution in [3.8, 4) is 0 Å². The molecule has 0 aromatic heterocycles. The molecule has 2 rings (SSSR count). The van der Waals surface area contributed by atoms with Gasteiger partial charge in [-0.2, -0.15) is 0 Å². The van der Waals surface area contributed by atoms with Crippen LogP contribution in [0.25, 0.3) is 0 Å². The van der Waals surface area contributed by atoms with Gasteiger partial charge in [0.05, 0.1) is 0 Å². The van der Waals surface area contributed by atoms with Crippen molar-refractivity contribution < 1.29 is 4.79 Å². The molecule has 3 heteroatoms. The van der Waals surface area contributed by atoms with E-state index in [9.17, 15) is 4.79 Å². The summed E-state index contributed by atoms with van der Waals surface area (Å²) < 4.78 is 1.07. The lowest BCUT2D eigenvalue weighted by molar-refractivity contribution is -0.118. The zero-order chi connectivity index (χ0) is 9.42. The molecular formula is C10H8BrClO. The minimum absolute atomic E-state index is 0.285. The van der Waals surface area contributed by atoms with Crippen LogP contribution in [0, 0.1) is 0 Å². The molecule has 13 heavy (non-hydrogen) atoms. The third-order valence-corrected chi connectivity index (χ3v) is 3.44. The molecule has 0 N–H and O–H groups in total. The van der Waals surface area contributed by atoms with Gasteiger partial charge in [0.15, 0.2) is 0 Å². The quantitative estimate of drug-likeness (QED) is 0.699. The van der Waals surface area contributed by atoms with Crippen molar-refractivity contribution in [2.75, 3.05) is 0 Å². The van der Waals surface area contributed by atoms with Gasteiger partial charge in [-0.15, -0.1) is 0 Å². The Hall–Kier alpha value is -0.340. The van der Waals surface area contributed by atoms with E-state index in [-0.39, 0.29) is 5.78 Å². The lowest BCUT2D eigenvalue weighted by atomic mass is 9.91. The van der Waals surface area contributed by atoms with Gasteiger partial charge in [-0.1, -0.05) is 27.5 Å². The van der Waals surface area contributed by atoms with Crippen LogP contribution in [-0.4, -0.2) is 5.78 Å². The largest absolute Gasteiger partial charge is 0.299 e. The fraction of sp³-hybridized carbons (Fsp3) is 0.300. The van der Waals surface area contributed by atoms with Crippen LogP contribution in [0.4, 0.5) is 0 Å². The van der Waals surface area contributed by atoms with Crippen LogP contribution in [0.1, 0.15) is 17.5 Å². The molecule has 0 bridgehead atoms. The van der Waals surface area contributed by atoms with E-state index in [1.165, 1.54) is 5.56 Å². The average molecular weight is 260 g/mol. The van der Waals surface area contributed by atoms with E-state index >= 15 is 0 Å². The van der Waals surface area contributed by atoms with E-state index in [4.69, 9.17) is 11.6 Å². The van der Waals surface area contributed by atoms with Crippen LogP contribution in [-0.2, 0) is 17.6 Å². The molecule has 0 spiro atoms. The number of benzene rings is 1. The average Bonchev–Trinajstić information content (AvgIpc) is 2.12. The molecule has 0 amide bonds. The summed E-state index contributed by atoms with van der Waals surface area (Å²) in [4.78, 5) is 11.2. The summed E-state index contributed by atoms with van der Waals surface area (Å²) in [5, 5.41) is 0.714. The molecule has 1 nitrogen and oxygen atoms in total. The van der Waals surface area contributed by atoms with Crippen molar-refractivity contribution in [1.29, 1.82) is 0 Å². The Kier molecular flexibility index (Phi) is 2.43. The second-order valence-corrected chi connectivity index (χ2v) is 4.46.